The Kier molecular flexibility index (Phi) is 4.47. The number of hydrogen-bond donors (Lipinski definition) is 1. The summed E-state index contributed by atoms with van der Waals surface area (Å²) < 4.78 is 0. The highest BCUT2D eigenvalue weighted by Crippen LogP contribution is 2.02. The maximum atomic E-state index is 11.0. The third-order valence-corrected chi connectivity index (χ3v) is 1.99. The van der Waals surface area contributed by atoms with Gasteiger partial charge in [0.1, 0.15) is 0 Å². The summed E-state index contributed by atoms with van der Waals surface area (Å²) in [4.78, 5) is 15.0. The van der Waals surface area contributed by atoms with E-state index in [9.17, 15) is 4.79 Å². The van der Waals surface area contributed by atoms with Gasteiger partial charge in [-0.15, -0.1) is 0 Å². The molecule has 1 heterocycles. The summed E-state index contributed by atoms with van der Waals surface area (Å²) in [6.07, 6.45) is 4.63. The molecule has 0 fully saturated rings. The normalized spacial score (nSPS) is 11.2. The van der Waals surface area contributed by atoms with Gasteiger partial charge in [0.25, 0.3) is 0 Å². The molecule has 0 aliphatic rings. The van der Waals surface area contributed by atoms with Gasteiger partial charge in [-0.05, 0) is 18.6 Å². The summed E-state index contributed by atoms with van der Waals surface area (Å²) in [5, 5.41) is 4.07. The van der Waals surface area contributed by atoms with E-state index in [4.69, 9.17) is 0 Å². The molecule has 0 spiro atoms. The van der Waals surface area contributed by atoms with Crippen LogP contribution in [0.3, 0.4) is 0 Å². The van der Waals surface area contributed by atoms with Gasteiger partial charge in [0.15, 0.2) is 0 Å². The molecule has 0 atom stereocenters. The lowest BCUT2D eigenvalue weighted by Crippen LogP contribution is -2.18. The van der Waals surface area contributed by atoms with Crippen LogP contribution in [0.1, 0.15) is 32.3 Å². The van der Waals surface area contributed by atoms with Gasteiger partial charge in [0.2, 0.25) is 5.91 Å². The van der Waals surface area contributed by atoms with Gasteiger partial charge in [0, 0.05) is 24.4 Å². The quantitative estimate of drug-likeness (QED) is 0.601. The predicted octanol–water partition coefficient (Wildman–Crippen LogP) is 1.72. The lowest BCUT2D eigenvalue weighted by molar-refractivity contribution is -0.120. The van der Waals surface area contributed by atoms with Crippen LogP contribution in [0, 0.1) is 0 Å². The molecule has 0 aliphatic carbocycles. The van der Waals surface area contributed by atoms with E-state index in [0.29, 0.717) is 6.42 Å². The molecule has 0 unspecified atom stereocenters. The second-order valence-corrected chi connectivity index (χ2v) is 3.04. The molecule has 1 N–H and O–H groups in total. The molecule has 1 rings (SSSR count). The smallest absolute Gasteiger partial charge is 0.239 e. The van der Waals surface area contributed by atoms with Gasteiger partial charge in [-0.2, -0.15) is 5.10 Å². The number of rotatable bonds is 4. The van der Waals surface area contributed by atoms with Gasteiger partial charge in [-0.25, -0.2) is 5.43 Å². The van der Waals surface area contributed by atoms with Crippen molar-refractivity contribution < 1.29 is 4.79 Å². The topological polar surface area (TPSA) is 54.4 Å². The molecular weight excluding hydrogens is 190 g/mol. The Morgan fingerprint density at radius 2 is 2.00 bits per heavy atom. The first kappa shape index (κ1) is 11.4. The molecule has 4 nitrogen and oxygen atoms in total. The monoisotopic (exact) mass is 205 g/mol. The van der Waals surface area contributed by atoms with Crippen molar-refractivity contribution in [2.24, 2.45) is 5.10 Å². The first-order chi connectivity index (χ1) is 7.27. The maximum Gasteiger partial charge on any atom is 0.239 e. The van der Waals surface area contributed by atoms with Crippen molar-refractivity contribution in [2.75, 3.05) is 0 Å². The Morgan fingerprint density at radius 3 is 2.53 bits per heavy atom. The average Bonchev–Trinajstić information content (AvgIpc) is 2.31. The number of carbonyl (C=O) groups excluding carboxylic acids is 1. The number of aromatic nitrogens is 1. The Morgan fingerprint density at radius 1 is 1.33 bits per heavy atom. The zero-order chi connectivity index (χ0) is 11.1. The van der Waals surface area contributed by atoms with Crippen LogP contribution in [0.5, 0.6) is 0 Å². The molecule has 0 saturated heterocycles. The molecule has 4 heteroatoms. The van der Waals surface area contributed by atoms with E-state index in [2.05, 4.69) is 15.5 Å². The van der Waals surface area contributed by atoms with Crippen LogP contribution in [0.25, 0.3) is 0 Å². The van der Waals surface area contributed by atoms with Crippen molar-refractivity contribution in [1.29, 1.82) is 0 Å². The van der Waals surface area contributed by atoms with E-state index < -0.39 is 0 Å². The van der Waals surface area contributed by atoms with Crippen LogP contribution in [0.2, 0.25) is 0 Å². The zero-order valence-electron chi connectivity index (χ0n) is 9.03. The minimum Gasteiger partial charge on any atom is -0.273 e. The van der Waals surface area contributed by atoms with Crippen LogP contribution in [-0.2, 0) is 4.79 Å². The summed E-state index contributed by atoms with van der Waals surface area (Å²) >= 11 is 0. The van der Waals surface area contributed by atoms with E-state index >= 15 is 0 Å². The van der Waals surface area contributed by atoms with Crippen molar-refractivity contribution in [3.05, 3.63) is 30.1 Å². The molecular formula is C11H15N3O. The number of nitrogens with zero attached hydrogens (tertiary/aromatic N) is 2. The van der Waals surface area contributed by atoms with Gasteiger partial charge in [-0.1, -0.05) is 13.8 Å². The van der Waals surface area contributed by atoms with Crippen molar-refractivity contribution in [1.82, 2.24) is 10.4 Å². The summed E-state index contributed by atoms with van der Waals surface area (Å²) in [6.45, 7) is 3.79. The molecule has 0 saturated carbocycles. The molecule has 1 aromatic rings. The standard InChI is InChI=1S/C11H15N3O/c1-3-10(13-14-11(15)4-2)9-5-7-12-8-6-9/h5-8H,3-4H2,1-2H3,(H,14,15). The number of pyridine rings is 1. The largest absolute Gasteiger partial charge is 0.273 e. The first-order valence-corrected chi connectivity index (χ1v) is 5.03. The highest BCUT2D eigenvalue weighted by Gasteiger charge is 2.01. The van der Waals surface area contributed by atoms with Crippen LogP contribution in [0.4, 0.5) is 0 Å². The van der Waals surface area contributed by atoms with Gasteiger partial charge in [-0.3, -0.25) is 9.78 Å². The highest BCUT2D eigenvalue weighted by molar-refractivity contribution is 6.00. The Balaban J connectivity index is 2.76. The Labute approximate surface area is 89.4 Å². The number of hydrazone groups is 1. The van der Waals surface area contributed by atoms with Crippen LogP contribution < -0.4 is 5.43 Å². The fourth-order valence-electron chi connectivity index (χ4n) is 1.10. The maximum absolute atomic E-state index is 11.0. The van der Waals surface area contributed by atoms with E-state index in [0.717, 1.165) is 17.7 Å². The van der Waals surface area contributed by atoms with Crippen molar-refractivity contribution >= 4 is 11.6 Å². The summed E-state index contributed by atoms with van der Waals surface area (Å²) in [7, 11) is 0. The van der Waals surface area contributed by atoms with Gasteiger partial charge < -0.3 is 0 Å². The van der Waals surface area contributed by atoms with E-state index in [1.807, 2.05) is 19.1 Å². The number of amides is 1. The van der Waals surface area contributed by atoms with Gasteiger partial charge in [0.05, 0.1) is 5.71 Å². The molecule has 0 bridgehead atoms. The predicted molar refractivity (Wildman–Crippen MR) is 59.5 cm³/mol. The minimum absolute atomic E-state index is 0.0741. The van der Waals surface area contributed by atoms with E-state index in [1.165, 1.54) is 0 Å². The summed E-state index contributed by atoms with van der Waals surface area (Å²) in [5.74, 6) is -0.0741. The Bertz CT molecular complexity index is 346. The fourth-order valence-corrected chi connectivity index (χ4v) is 1.10. The average molecular weight is 205 g/mol. The molecule has 0 radical (unpaired) electrons. The second-order valence-electron chi connectivity index (χ2n) is 3.04. The van der Waals surface area contributed by atoms with Crippen LogP contribution >= 0.6 is 0 Å². The lowest BCUT2D eigenvalue weighted by Gasteiger charge is -2.03. The fraction of sp³-hybridized carbons (Fsp3) is 0.364. The van der Waals surface area contributed by atoms with Crippen LogP contribution in [-0.4, -0.2) is 16.6 Å². The first-order valence-electron chi connectivity index (χ1n) is 5.03. The zero-order valence-corrected chi connectivity index (χ0v) is 9.03. The number of nitrogens with one attached hydrogen (secondary N) is 1. The van der Waals surface area contributed by atoms with Gasteiger partial charge >= 0.3 is 0 Å². The summed E-state index contributed by atoms with van der Waals surface area (Å²) in [6, 6.07) is 3.75. The second kappa shape index (κ2) is 5.90. The molecule has 1 amide bonds. The summed E-state index contributed by atoms with van der Waals surface area (Å²) in [5.41, 5.74) is 4.36. The molecule has 1 aromatic heterocycles. The molecule has 0 aliphatic heterocycles. The van der Waals surface area contributed by atoms with Crippen molar-refractivity contribution in [2.45, 2.75) is 26.7 Å². The number of hydrogen-bond acceptors (Lipinski definition) is 3. The van der Waals surface area contributed by atoms with Crippen molar-refractivity contribution in [3.63, 3.8) is 0 Å². The SMILES string of the molecule is CCC(=O)NN=C(CC)c1ccncc1. The Hall–Kier alpha value is -1.71. The molecule has 15 heavy (non-hydrogen) atoms. The number of carbonyl (C=O) groups is 1. The van der Waals surface area contributed by atoms with E-state index in [1.54, 1.807) is 19.3 Å². The highest BCUT2D eigenvalue weighted by atomic mass is 16.2. The van der Waals surface area contributed by atoms with E-state index in [-0.39, 0.29) is 5.91 Å². The minimum atomic E-state index is -0.0741. The molecule has 0 aromatic carbocycles. The molecule has 80 valence electrons. The third kappa shape index (κ3) is 3.50. The van der Waals surface area contributed by atoms with Crippen LogP contribution in [0.15, 0.2) is 29.6 Å². The lowest BCUT2D eigenvalue weighted by atomic mass is 10.1. The third-order valence-electron chi connectivity index (χ3n) is 1.99. The van der Waals surface area contributed by atoms with Crippen molar-refractivity contribution in [3.8, 4) is 0 Å².